The van der Waals surface area contributed by atoms with E-state index in [0.717, 1.165) is 11.1 Å². The van der Waals surface area contributed by atoms with Crippen LogP contribution in [0.3, 0.4) is 0 Å². The van der Waals surface area contributed by atoms with Gasteiger partial charge in [-0.25, -0.2) is 8.42 Å². The van der Waals surface area contributed by atoms with Crippen molar-refractivity contribution in [3.05, 3.63) is 59.2 Å². The van der Waals surface area contributed by atoms with Crippen LogP contribution in [-0.2, 0) is 32.6 Å². The smallest absolute Gasteiger partial charge is 0.243 e. The Kier molecular flexibility index (Phi) is 6.81. The molecule has 0 aromatic heterocycles. The molecule has 7 nitrogen and oxygen atoms in total. The highest BCUT2D eigenvalue weighted by Gasteiger charge is 2.37. The molecule has 2 aromatic carbocycles. The van der Waals surface area contributed by atoms with Crippen LogP contribution in [0.1, 0.15) is 37.5 Å². The first-order valence-corrected chi connectivity index (χ1v) is 11.9. The van der Waals surface area contributed by atoms with Crippen molar-refractivity contribution in [3.8, 4) is 0 Å². The molecule has 0 spiro atoms. The number of anilines is 1. The molecule has 166 valence electrons. The number of aryl methyl sites for hydroxylation is 1. The normalized spacial score (nSPS) is 15.8. The van der Waals surface area contributed by atoms with Gasteiger partial charge in [-0.05, 0) is 36.2 Å². The summed E-state index contributed by atoms with van der Waals surface area (Å²) in [5, 5.41) is 2.91. The maximum absolute atomic E-state index is 12.9. The lowest BCUT2D eigenvalue weighted by molar-refractivity contribution is -0.125. The molecule has 2 amide bonds. The van der Waals surface area contributed by atoms with Gasteiger partial charge in [0.2, 0.25) is 21.8 Å². The van der Waals surface area contributed by atoms with Gasteiger partial charge < -0.3 is 5.32 Å². The Morgan fingerprint density at radius 3 is 2.45 bits per heavy atom. The van der Waals surface area contributed by atoms with Crippen molar-refractivity contribution >= 4 is 27.5 Å². The minimum Gasteiger partial charge on any atom is -0.350 e. The van der Waals surface area contributed by atoms with Gasteiger partial charge in [-0.1, -0.05) is 43.7 Å². The first kappa shape index (κ1) is 23.0. The zero-order valence-corrected chi connectivity index (χ0v) is 19.2. The molecule has 31 heavy (non-hydrogen) atoms. The van der Waals surface area contributed by atoms with Gasteiger partial charge in [-0.2, -0.15) is 4.31 Å². The number of carbonyl (C=O) groups excluding carboxylic acids is 2. The Hall–Kier alpha value is -2.71. The summed E-state index contributed by atoms with van der Waals surface area (Å²) < 4.78 is 27.1. The minimum atomic E-state index is -3.62. The summed E-state index contributed by atoms with van der Waals surface area (Å²) in [7, 11) is -3.62. The molecular formula is C23H29N3O4S. The third-order valence-corrected chi connectivity index (χ3v) is 7.62. The van der Waals surface area contributed by atoms with Crippen LogP contribution >= 0.6 is 0 Å². The SMILES string of the molecule is CCN(CC)S(=O)(=O)c1ccc2c(c1)C[C@H](C(=O)NCc1cccc(C)c1)N2C(C)=O. The third-order valence-electron chi connectivity index (χ3n) is 5.57. The van der Waals surface area contributed by atoms with E-state index >= 15 is 0 Å². The molecule has 8 heteroatoms. The quantitative estimate of drug-likeness (QED) is 0.713. The first-order chi connectivity index (χ1) is 14.7. The monoisotopic (exact) mass is 443 g/mol. The van der Waals surface area contributed by atoms with Gasteiger partial charge in [0.15, 0.2) is 0 Å². The maximum atomic E-state index is 12.9. The summed E-state index contributed by atoms with van der Waals surface area (Å²) in [6.07, 6.45) is 0.274. The summed E-state index contributed by atoms with van der Waals surface area (Å²) in [5.74, 6) is -0.519. The van der Waals surface area contributed by atoms with E-state index in [1.165, 1.54) is 22.2 Å². The molecule has 0 bridgehead atoms. The summed E-state index contributed by atoms with van der Waals surface area (Å²) in [5.41, 5.74) is 3.35. The number of nitrogens with zero attached hydrogens (tertiary/aromatic N) is 2. The summed E-state index contributed by atoms with van der Waals surface area (Å²) in [4.78, 5) is 26.9. The molecule has 0 fully saturated rings. The van der Waals surface area contributed by atoms with Crippen molar-refractivity contribution in [2.24, 2.45) is 0 Å². The fourth-order valence-electron chi connectivity index (χ4n) is 4.03. The van der Waals surface area contributed by atoms with Crippen LogP contribution in [-0.4, -0.2) is 43.7 Å². The van der Waals surface area contributed by atoms with Gasteiger partial charge >= 0.3 is 0 Å². The molecule has 0 saturated carbocycles. The van der Waals surface area contributed by atoms with Crippen molar-refractivity contribution in [2.75, 3.05) is 18.0 Å². The van der Waals surface area contributed by atoms with Crippen molar-refractivity contribution in [2.45, 2.75) is 51.6 Å². The molecular weight excluding hydrogens is 414 g/mol. The number of hydrogen-bond donors (Lipinski definition) is 1. The van der Waals surface area contributed by atoms with E-state index in [-0.39, 0.29) is 23.1 Å². The average Bonchev–Trinajstić information content (AvgIpc) is 3.12. The van der Waals surface area contributed by atoms with E-state index in [1.54, 1.807) is 26.0 Å². The van der Waals surface area contributed by atoms with Crippen LogP contribution in [0.5, 0.6) is 0 Å². The molecule has 1 N–H and O–H groups in total. The van der Waals surface area contributed by atoms with Crippen LogP contribution in [0, 0.1) is 6.92 Å². The fourth-order valence-corrected chi connectivity index (χ4v) is 5.54. The Morgan fingerprint density at radius 1 is 1.13 bits per heavy atom. The van der Waals surface area contributed by atoms with E-state index in [0.29, 0.717) is 30.9 Å². The summed E-state index contributed by atoms with van der Waals surface area (Å²) in [6.45, 7) is 8.09. The fraction of sp³-hybridized carbons (Fsp3) is 0.391. The van der Waals surface area contributed by atoms with Crippen LogP contribution in [0.4, 0.5) is 5.69 Å². The second-order valence-electron chi connectivity index (χ2n) is 7.70. The largest absolute Gasteiger partial charge is 0.350 e. The molecule has 0 radical (unpaired) electrons. The number of amides is 2. The van der Waals surface area contributed by atoms with Gasteiger partial charge in [0.1, 0.15) is 6.04 Å². The zero-order chi connectivity index (χ0) is 22.8. The number of hydrogen-bond acceptors (Lipinski definition) is 4. The number of rotatable bonds is 7. The number of sulfonamides is 1. The maximum Gasteiger partial charge on any atom is 0.243 e. The molecule has 1 aliphatic rings. The lowest BCUT2D eigenvalue weighted by Gasteiger charge is -2.23. The standard InChI is InChI=1S/C23H29N3O4S/c1-5-25(6-2)31(29,30)20-10-11-21-19(13-20)14-22(26(21)17(4)27)23(28)24-15-18-9-7-8-16(3)12-18/h7-13,22H,5-6,14-15H2,1-4H3,(H,24,28)/t22-/m1/s1. The average molecular weight is 444 g/mol. The van der Waals surface area contributed by atoms with Crippen LogP contribution < -0.4 is 10.2 Å². The lowest BCUT2D eigenvalue weighted by atomic mass is 10.1. The van der Waals surface area contributed by atoms with Crippen molar-refractivity contribution < 1.29 is 18.0 Å². The van der Waals surface area contributed by atoms with Crippen LogP contribution in [0.25, 0.3) is 0 Å². The number of fused-ring (bicyclic) bond motifs is 1. The first-order valence-electron chi connectivity index (χ1n) is 10.4. The Bertz CT molecular complexity index is 1090. The zero-order valence-electron chi connectivity index (χ0n) is 18.4. The topological polar surface area (TPSA) is 86.8 Å². The Labute approximate surface area is 184 Å². The molecule has 1 heterocycles. The molecule has 1 aliphatic heterocycles. The second kappa shape index (κ2) is 9.20. The number of benzene rings is 2. The van der Waals surface area contributed by atoms with Crippen LogP contribution in [0.2, 0.25) is 0 Å². The minimum absolute atomic E-state index is 0.180. The molecule has 2 aromatic rings. The number of carbonyl (C=O) groups is 2. The third kappa shape index (κ3) is 4.65. The van der Waals surface area contributed by atoms with E-state index in [1.807, 2.05) is 31.2 Å². The molecule has 0 aliphatic carbocycles. The molecule has 3 rings (SSSR count). The van der Waals surface area contributed by atoms with Crippen molar-refractivity contribution in [1.82, 2.24) is 9.62 Å². The van der Waals surface area contributed by atoms with Crippen molar-refractivity contribution in [3.63, 3.8) is 0 Å². The van der Waals surface area contributed by atoms with Gasteiger partial charge in [0.25, 0.3) is 0 Å². The predicted octanol–water partition coefficient (Wildman–Crippen LogP) is 2.62. The molecule has 0 unspecified atom stereocenters. The highest BCUT2D eigenvalue weighted by Crippen LogP contribution is 2.35. The Morgan fingerprint density at radius 2 is 1.84 bits per heavy atom. The molecule has 1 atom stereocenters. The predicted molar refractivity (Wildman–Crippen MR) is 120 cm³/mol. The van der Waals surface area contributed by atoms with E-state index in [9.17, 15) is 18.0 Å². The summed E-state index contributed by atoms with van der Waals surface area (Å²) in [6, 6.07) is 11.9. The van der Waals surface area contributed by atoms with E-state index in [2.05, 4.69) is 5.32 Å². The highest BCUT2D eigenvalue weighted by molar-refractivity contribution is 7.89. The second-order valence-corrected chi connectivity index (χ2v) is 9.63. The lowest BCUT2D eigenvalue weighted by Crippen LogP contribution is -2.47. The van der Waals surface area contributed by atoms with Crippen molar-refractivity contribution in [1.29, 1.82) is 0 Å². The molecule has 0 saturated heterocycles. The highest BCUT2D eigenvalue weighted by atomic mass is 32.2. The van der Waals surface area contributed by atoms with Gasteiger partial charge in [-0.3, -0.25) is 14.5 Å². The van der Waals surface area contributed by atoms with Crippen LogP contribution in [0.15, 0.2) is 47.4 Å². The Balaban J connectivity index is 1.84. The van der Waals surface area contributed by atoms with Gasteiger partial charge in [0, 0.05) is 38.7 Å². The number of nitrogens with one attached hydrogen (secondary N) is 1. The van der Waals surface area contributed by atoms with Gasteiger partial charge in [0.05, 0.1) is 4.90 Å². The summed E-state index contributed by atoms with van der Waals surface area (Å²) >= 11 is 0. The van der Waals surface area contributed by atoms with Gasteiger partial charge in [-0.15, -0.1) is 0 Å². The van der Waals surface area contributed by atoms with E-state index in [4.69, 9.17) is 0 Å². The van der Waals surface area contributed by atoms with E-state index < -0.39 is 16.1 Å².